The molecule has 5 heteroatoms. The molecule has 0 atom stereocenters. The van der Waals surface area contributed by atoms with Crippen LogP contribution < -0.4 is 9.47 Å². The van der Waals surface area contributed by atoms with Gasteiger partial charge in [-0.2, -0.15) is 4.98 Å². The van der Waals surface area contributed by atoms with Crippen molar-refractivity contribution in [2.45, 2.75) is 45.1 Å². The molecule has 2 aromatic rings. The summed E-state index contributed by atoms with van der Waals surface area (Å²) in [6.07, 6.45) is 6.29. The number of ether oxygens (including phenoxy) is 2. The van der Waals surface area contributed by atoms with Crippen molar-refractivity contribution in [1.82, 2.24) is 9.55 Å². The molecule has 0 unspecified atom stereocenters. The van der Waals surface area contributed by atoms with E-state index in [0.717, 1.165) is 23.9 Å². The minimum absolute atomic E-state index is 0.277. The lowest BCUT2D eigenvalue weighted by Gasteiger charge is -2.22. The molecule has 1 aromatic heterocycles. The van der Waals surface area contributed by atoms with Crippen LogP contribution in [0.1, 0.15) is 39.0 Å². The summed E-state index contributed by atoms with van der Waals surface area (Å²) in [4.78, 5) is 4.57. The number of aryl methyl sites for hydroxylation is 1. The number of imidazole rings is 1. The van der Waals surface area contributed by atoms with Gasteiger partial charge in [-0.25, -0.2) is 0 Å². The van der Waals surface area contributed by atoms with E-state index in [0.29, 0.717) is 23.4 Å². The van der Waals surface area contributed by atoms with E-state index >= 15 is 0 Å². The van der Waals surface area contributed by atoms with E-state index in [-0.39, 0.29) is 6.10 Å². The summed E-state index contributed by atoms with van der Waals surface area (Å²) in [6, 6.07) is 4.44. The molecule has 1 saturated carbocycles. The van der Waals surface area contributed by atoms with Crippen molar-refractivity contribution >= 4 is 22.6 Å². The second-order valence-corrected chi connectivity index (χ2v) is 5.89. The third-order valence-electron chi connectivity index (χ3n) is 4.02. The molecule has 1 aliphatic carbocycles. The standard InChI is InChI=1S/C16H21ClN2O2/c1-3-20-13-10-9-12-15(14(13)17)19(2)16(18-12)21-11-7-5-4-6-8-11/h9-11H,3-8H2,1-2H3. The molecule has 1 heterocycles. The van der Waals surface area contributed by atoms with Gasteiger partial charge in [0, 0.05) is 7.05 Å². The second-order valence-electron chi connectivity index (χ2n) is 5.51. The molecule has 1 fully saturated rings. The summed E-state index contributed by atoms with van der Waals surface area (Å²) >= 11 is 6.44. The molecule has 21 heavy (non-hydrogen) atoms. The van der Waals surface area contributed by atoms with Crippen LogP contribution >= 0.6 is 11.6 Å². The van der Waals surface area contributed by atoms with Crippen molar-refractivity contribution < 1.29 is 9.47 Å². The fraction of sp³-hybridized carbons (Fsp3) is 0.562. The van der Waals surface area contributed by atoms with Gasteiger partial charge in [0.1, 0.15) is 16.9 Å². The molecule has 114 valence electrons. The van der Waals surface area contributed by atoms with Crippen LogP contribution in [0.4, 0.5) is 0 Å². The van der Waals surface area contributed by atoms with E-state index in [1.807, 2.05) is 30.7 Å². The molecular formula is C16H21ClN2O2. The average Bonchev–Trinajstić information content (AvgIpc) is 2.80. The van der Waals surface area contributed by atoms with Crippen LogP contribution in [0.3, 0.4) is 0 Å². The summed E-state index contributed by atoms with van der Waals surface area (Å²) in [5.41, 5.74) is 1.71. The molecule has 0 bridgehead atoms. The summed E-state index contributed by atoms with van der Waals surface area (Å²) in [5.74, 6) is 0.693. The first-order valence-electron chi connectivity index (χ1n) is 7.65. The van der Waals surface area contributed by atoms with Gasteiger partial charge in [0.25, 0.3) is 6.01 Å². The third-order valence-corrected chi connectivity index (χ3v) is 4.39. The van der Waals surface area contributed by atoms with Gasteiger partial charge in [-0.1, -0.05) is 18.0 Å². The molecule has 0 spiro atoms. The van der Waals surface area contributed by atoms with Gasteiger partial charge in [0.05, 0.1) is 17.6 Å². The minimum Gasteiger partial charge on any atom is -0.492 e. The van der Waals surface area contributed by atoms with Gasteiger partial charge in [0.15, 0.2) is 0 Å². The van der Waals surface area contributed by atoms with E-state index in [1.54, 1.807) is 0 Å². The average molecular weight is 309 g/mol. The normalized spacial score (nSPS) is 16.3. The van der Waals surface area contributed by atoms with Gasteiger partial charge in [-0.15, -0.1) is 0 Å². The smallest absolute Gasteiger partial charge is 0.297 e. The summed E-state index contributed by atoms with van der Waals surface area (Å²) in [5, 5.41) is 0.600. The van der Waals surface area contributed by atoms with Crippen LogP contribution in [-0.4, -0.2) is 22.3 Å². The minimum atomic E-state index is 0.277. The van der Waals surface area contributed by atoms with E-state index in [9.17, 15) is 0 Å². The number of hydrogen-bond donors (Lipinski definition) is 0. The van der Waals surface area contributed by atoms with Crippen LogP contribution in [0.2, 0.25) is 5.02 Å². The zero-order valence-corrected chi connectivity index (χ0v) is 13.3. The van der Waals surface area contributed by atoms with E-state index in [1.165, 1.54) is 19.3 Å². The Labute approximate surface area is 130 Å². The van der Waals surface area contributed by atoms with Crippen LogP contribution in [0.5, 0.6) is 11.8 Å². The molecule has 0 amide bonds. The Morgan fingerprint density at radius 3 is 2.76 bits per heavy atom. The Morgan fingerprint density at radius 2 is 2.05 bits per heavy atom. The molecule has 0 N–H and O–H groups in total. The number of nitrogens with zero attached hydrogens (tertiary/aromatic N) is 2. The number of fused-ring (bicyclic) bond motifs is 1. The highest BCUT2D eigenvalue weighted by molar-refractivity contribution is 6.36. The van der Waals surface area contributed by atoms with Crippen LogP contribution in [0.25, 0.3) is 11.0 Å². The molecule has 1 aromatic carbocycles. The first-order chi connectivity index (χ1) is 10.2. The Balaban J connectivity index is 1.93. The monoisotopic (exact) mass is 308 g/mol. The summed E-state index contributed by atoms with van der Waals surface area (Å²) < 4.78 is 13.5. The molecule has 0 radical (unpaired) electrons. The Bertz CT molecular complexity index is 633. The summed E-state index contributed by atoms with van der Waals surface area (Å²) in [6.45, 7) is 2.54. The van der Waals surface area contributed by atoms with Crippen LogP contribution in [0, 0.1) is 0 Å². The van der Waals surface area contributed by atoms with Crippen molar-refractivity contribution in [3.8, 4) is 11.8 Å². The van der Waals surface area contributed by atoms with Crippen LogP contribution in [-0.2, 0) is 7.05 Å². The van der Waals surface area contributed by atoms with Gasteiger partial charge in [-0.3, -0.25) is 4.57 Å². The lowest BCUT2D eigenvalue weighted by Crippen LogP contribution is -2.21. The van der Waals surface area contributed by atoms with Crippen LogP contribution in [0.15, 0.2) is 12.1 Å². The molecule has 0 saturated heterocycles. The van der Waals surface area contributed by atoms with E-state index in [4.69, 9.17) is 21.1 Å². The first kappa shape index (κ1) is 14.5. The first-order valence-corrected chi connectivity index (χ1v) is 8.03. The van der Waals surface area contributed by atoms with Crippen molar-refractivity contribution in [1.29, 1.82) is 0 Å². The third kappa shape index (κ3) is 2.82. The maximum absolute atomic E-state index is 6.44. The van der Waals surface area contributed by atoms with Gasteiger partial charge in [0.2, 0.25) is 0 Å². The number of hydrogen-bond acceptors (Lipinski definition) is 3. The zero-order valence-electron chi connectivity index (χ0n) is 12.6. The SMILES string of the molecule is CCOc1ccc2nc(OC3CCCCC3)n(C)c2c1Cl. The fourth-order valence-electron chi connectivity index (χ4n) is 2.92. The van der Waals surface area contributed by atoms with Crippen molar-refractivity contribution in [2.24, 2.45) is 7.05 Å². The lowest BCUT2D eigenvalue weighted by atomic mass is 9.98. The lowest BCUT2D eigenvalue weighted by molar-refractivity contribution is 0.138. The highest BCUT2D eigenvalue weighted by Gasteiger charge is 2.20. The second kappa shape index (κ2) is 6.14. The van der Waals surface area contributed by atoms with Crippen molar-refractivity contribution in [3.63, 3.8) is 0 Å². The fourth-order valence-corrected chi connectivity index (χ4v) is 3.26. The number of halogens is 1. The Kier molecular flexibility index (Phi) is 4.24. The number of rotatable bonds is 4. The highest BCUT2D eigenvalue weighted by Crippen LogP contribution is 2.35. The molecule has 4 nitrogen and oxygen atoms in total. The largest absolute Gasteiger partial charge is 0.492 e. The predicted molar refractivity (Wildman–Crippen MR) is 84.4 cm³/mol. The molecule has 0 aliphatic heterocycles. The molecular weight excluding hydrogens is 288 g/mol. The summed E-state index contributed by atoms with van der Waals surface area (Å²) in [7, 11) is 1.94. The van der Waals surface area contributed by atoms with Crippen molar-refractivity contribution in [3.05, 3.63) is 17.2 Å². The number of benzene rings is 1. The van der Waals surface area contributed by atoms with Crippen molar-refractivity contribution in [2.75, 3.05) is 6.61 Å². The molecule has 3 rings (SSSR count). The van der Waals surface area contributed by atoms with Gasteiger partial charge in [-0.05, 0) is 44.7 Å². The quantitative estimate of drug-likeness (QED) is 0.843. The van der Waals surface area contributed by atoms with Gasteiger partial charge >= 0.3 is 0 Å². The zero-order chi connectivity index (χ0) is 14.8. The maximum Gasteiger partial charge on any atom is 0.297 e. The maximum atomic E-state index is 6.44. The van der Waals surface area contributed by atoms with E-state index in [2.05, 4.69) is 4.98 Å². The topological polar surface area (TPSA) is 36.3 Å². The Hall–Kier alpha value is -1.42. The number of aromatic nitrogens is 2. The molecule has 1 aliphatic rings. The highest BCUT2D eigenvalue weighted by atomic mass is 35.5. The van der Waals surface area contributed by atoms with Gasteiger partial charge < -0.3 is 9.47 Å². The Morgan fingerprint density at radius 1 is 1.29 bits per heavy atom. The van der Waals surface area contributed by atoms with E-state index < -0.39 is 0 Å². The predicted octanol–water partition coefficient (Wildman–Crippen LogP) is 4.34.